The van der Waals surface area contributed by atoms with E-state index in [0.717, 1.165) is 16.7 Å². The second kappa shape index (κ2) is 4.59. The zero-order valence-electron chi connectivity index (χ0n) is 10.3. The van der Waals surface area contributed by atoms with Crippen molar-refractivity contribution >= 4 is 5.82 Å². The number of nitrogens with zero attached hydrogens (tertiary/aromatic N) is 2. The molecule has 1 unspecified atom stereocenters. The highest BCUT2D eigenvalue weighted by atomic mass is 16.5. The number of aryl methyl sites for hydroxylation is 1. The third-order valence-corrected chi connectivity index (χ3v) is 3.01. The van der Waals surface area contributed by atoms with Crippen LogP contribution in [0.1, 0.15) is 18.6 Å². The molecule has 1 heterocycles. The molecule has 1 aromatic carbocycles. The van der Waals surface area contributed by atoms with Gasteiger partial charge < -0.3 is 10.5 Å². The van der Waals surface area contributed by atoms with Crippen LogP contribution in [0.25, 0.3) is 11.1 Å². The van der Waals surface area contributed by atoms with Crippen molar-refractivity contribution in [1.82, 2.24) is 9.78 Å². The molecular weight excluding hydrogens is 214 g/mol. The van der Waals surface area contributed by atoms with E-state index in [4.69, 9.17) is 10.5 Å². The van der Waals surface area contributed by atoms with E-state index in [0.29, 0.717) is 5.82 Å². The monoisotopic (exact) mass is 231 g/mol. The summed E-state index contributed by atoms with van der Waals surface area (Å²) in [5.74, 6) is 0.673. The minimum Gasteiger partial charge on any atom is -0.383 e. The van der Waals surface area contributed by atoms with Crippen molar-refractivity contribution in [1.29, 1.82) is 0 Å². The predicted molar refractivity (Wildman–Crippen MR) is 68.5 cm³/mol. The Bertz CT molecular complexity index is 519. The fourth-order valence-electron chi connectivity index (χ4n) is 1.76. The Balaban J connectivity index is 2.43. The van der Waals surface area contributed by atoms with Crippen LogP contribution in [-0.2, 0) is 11.8 Å². The van der Waals surface area contributed by atoms with Crippen LogP contribution in [0.15, 0.2) is 30.5 Å². The summed E-state index contributed by atoms with van der Waals surface area (Å²) in [5.41, 5.74) is 9.12. The first-order chi connectivity index (χ1) is 8.13. The molecule has 0 aliphatic heterocycles. The standard InChI is InChI=1S/C13H17N3O/c1-9(17-3)10-5-4-6-11(7-10)12-8-15-16(2)13(12)14/h4-9H,14H2,1-3H3. The van der Waals surface area contributed by atoms with E-state index < -0.39 is 0 Å². The average molecular weight is 231 g/mol. The molecule has 1 aromatic heterocycles. The van der Waals surface area contributed by atoms with E-state index in [1.807, 2.05) is 32.2 Å². The molecule has 0 saturated heterocycles. The Morgan fingerprint density at radius 2 is 2.18 bits per heavy atom. The Hall–Kier alpha value is -1.81. The summed E-state index contributed by atoms with van der Waals surface area (Å²) in [5, 5.41) is 4.15. The molecule has 2 rings (SSSR count). The lowest BCUT2D eigenvalue weighted by atomic mass is 10.0. The number of aromatic nitrogens is 2. The first-order valence-electron chi connectivity index (χ1n) is 5.54. The molecule has 4 nitrogen and oxygen atoms in total. The van der Waals surface area contributed by atoms with E-state index in [1.54, 1.807) is 18.0 Å². The first kappa shape index (κ1) is 11.7. The second-order valence-corrected chi connectivity index (χ2v) is 4.07. The number of benzene rings is 1. The van der Waals surface area contributed by atoms with Crippen LogP contribution in [-0.4, -0.2) is 16.9 Å². The van der Waals surface area contributed by atoms with Crippen LogP contribution in [0.5, 0.6) is 0 Å². The fraction of sp³-hybridized carbons (Fsp3) is 0.308. The van der Waals surface area contributed by atoms with Crippen molar-refractivity contribution < 1.29 is 4.74 Å². The van der Waals surface area contributed by atoms with E-state index in [1.165, 1.54) is 0 Å². The molecule has 2 N–H and O–H groups in total. The molecule has 0 aliphatic carbocycles. The lowest BCUT2D eigenvalue weighted by molar-refractivity contribution is 0.119. The maximum atomic E-state index is 5.96. The van der Waals surface area contributed by atoms with Gasteiger partial charge in [0.1, 0.15) is 5.82 Å². The molecule has 17 heavy (non-hydrogen) atoms. The number of hydrogen-bond donors (Lipinski definition) is 1. The number of nitrogen functional groups attached to an aromatic ring is 1. The Morgan fingerprint density at radius 3 is 2.76 bits per heavy atom. The van der Waals surface area contributed by atoms with E-state index in [2.05, 4.69) is 11.2 Å². The maximum Gasteiger partial charge on any atom is 0.129 e. The van der Waals surface area contributed by atoms with Gasteiger partial charge in [-0.15, -0.1) is 0 Å². The van der Waals surface area contributed by atoms with E-state index in [9.17, 15) is 0 Å². The molecule has 0 amide bonds. The SMILES string of the molecule is COC(C)c1cccc(-c2cnn(C)c2N)c1. The molecule has 0 aliphatic rings. The van der Waals surface area contributed by atoms with Gasteiger partial charge in [0.05, 0.1) is 12.3 Å². The highest BCUT2D eigenvalue weighted by Gasteiger charge is 2.09. The molecule has 0 spiro atoms. The number of rotatable bonds is 3. The van der Waals surface area contributed by atoms with Crippen LogP contribution in [0.2, 0.25) is 0 Å². The highest BCUT2D eigenvalue weighted by Crippen LogP contribution is 2.27. The average Bonchev–Trinajstić information content (AvgIpc) is 2.69. The van der Waals surface area contributed by atoms with Gasteiger partial charge in [0.2, 0.25) is 0 Å². The summed E-state index contributed by atoms with van der Waals surface area (Å²) < 4.78 is 6.98. The molecule has 0 bridgehead atoms. The number of methoxy groups -OCH3 is 1. The number of hydrogen-bond acceptors (Lipinski definition) is 3. The Labute approximate surface area is 101 Å². The molecule has 0 saturated carbocycles. The van der Waals surface area contributed by atoms with Crippen LogP contribution in [0, 0.1) is 0 Å². The number of ether oxygens (including phenoxy) is 1. The van der Waals surface area contributed by atoms with Gasteiger partial charge in [-0.1, -0.05) is 18.2 Å². The lowest BCUT2D eigenvalue weighted by Crippen LogP contribution is -1.99. The van der Waals surface area contributed by atoms with Crippen molar-refractivity contribution in [3.63, 3.8) is 0 Å². The van der Waals surface area contributed by atoms with Crippen molar-refractivity contribution in [2.24, 2.45) is 7.05 Å². The Morgan fingerprint density at radius 1 is 1.41 bits per heavy atom. The quantitative estimate of drug-likeness (QED) is 0.882. The molecule has 4 heteroatoms. The summed E-state index contributed by atoms with van der Waals surface area (Å²) in [6, 6.07) is 8.16. The van der Waals surface area contributed by atoms with Gasteiger partial charge in [-0.2, -0.15) is 5.10 Å². The summed E-state index contributed by atoms with van der Waals surface area (Å²) in [6.45, 7) is 2.02. The van der Waals surface area contributed by atoms with Crippen LogP contribution in [0.4, 0.5) is 5.82 Å². The van der Waals surface area contributed by atoms with Gasteiger partial charge in [-0.25, -0.2) is 0 Å². The minimum absolute atomic E-state index is 0.0767. The van der Waals surface area contributed by atoms with E-state index >= 15 is 0 Å². The summed E-state index contributed by atoms with van der Waals surface area (Å²) in [4.78, 5) is 0. The lowest BCUT2D eigenvalue weighted by Gasteiger charge is -2.11. The highest BCUT2D eigenvalue weighted by molar-refractivity contribution is 5.73. The van der Waals surface area contributed by atoms with Crippen molar-refractivity contribution in [3.05, 3.63) is 36.0 Å². The minimum atomic E-state index is 0.0767. The molecule has 90 valence electrons. The smallest absolute Gasteiger partial charge is 0.129 e. The first-order valence-corrected chi connectivity index (χ1v) is 5.54. The van der Waals surface area contributed by atoms with Crippen LogP contribution < -0.4 is 5.73 Å². The third kappa shape index (κ3) is 2.17. The zero-order chi connectivity index (χ0) is 12.4. The second-order valence-electron chi connectivity index (χ2n) is 4.07. The normalized spacial score (nSPS) is 12.6. The van der Waals surface area contributed by atoms with Crippen molar-refractivity contribution in [2.45, 2.75) is 13.0 Å². The van der Waals surface area contributed by atoms with Gasteiger partial charge in [0.15, 0.2) is 0 Å². The molecule has 2 aromatic rings. The molecular formula is C13H17N3O. The molecule has 1 atom stereocenters. The van der Waals surface area contributed by atoms with Gasteiger partial charge in [-0.3, -0.25) is 4.68 Å². The van der Waals surface area contributed by atoms with Crippen LogP contribution >= 0.6 is 0 Å². The number of nitrogens with two attached hydrogens (primary N) is 1. The molecule has 0 radical (unpaired) electrons. The largest absolute Gasteiger partial charge is 0.383 e. The zero-order valence-corrected chi connectivity index (χ0v) is 10.3. The molecule has 0 fully saturated rings. The topological polar surface area (TPSA) is 53.1 Å². The fourth-order valence-corrected chi connectivity index (χ4v) is 1.76. The van der Waals surface area contributed by atoms with Gasteiger partial charge in [0, 0.05) is 19.7 Å². The predicted octanol–water partition coefficient (Wildman–Crippen LogP) is 2.38. The summed E-state index contributed by atoms with van der Waals surface area (Å²) >= 11 is 0. The van der Waals surface area contributed by atoms with Crippen molar-refractivity contribution in [2.75, 3.05) is 12.8 Å². The Kier molecular flexibility index (Phi) is 3.15. The van der Waals surface area contributed by atoms with Crippen molar-refractivity contribution in [3.8, 4) is 11.1 Å². The maximum absolute atomic E-state index is 5.96. The van der Waals surface area contributed by atoms with Gasteiger partial charge in [-0.05, 0) is 24.1 Å². The van der Waals surface area contributed by atoms with E-state index in [-0.39, 0.29) is 6.10 Å². The van der Waals surface area contributed by atoms with Gasteiger partial charge >= 0.3 is 0 Å². The summed E-state index contributed by atoms with van der Waals surface area (Å²) in [7, 11) is 3.54. The summed E-state index contributed by atoms with van der Waals surface area (Å²) in [6.07, 6.45) is 1.86. The van der Waals surface area contributed by atoms with Gasteiger partial charge in [0.25, 0.3) is 0 Å². The van der Waals surface area contributed by atoms with Crippen LogP contribution in [0.3, 0.4) is 0 Å². The third-order valence-electron chi connectivity index (χ3n) is 3.01. The number of anilines is 1.